The zero-order valence-electron chi connectivity index (χ0n) is 10.4. The van der Waals surface area contributed by atoms with Crippen LogP contribution < -0.4 is 4.74 Å². The van der Waals surface area contributed by atoms with Gasteiger partial charge in [-0.25, -0.2) is 9.78 Å². The number of nitrogens with zero attached hydrogens (tertiary/aromatic N) is 1. The molecule has 0 aliphatic rings. The number of methoxy groups -OCH3 is 1. The minimum absolute atomic E-state index is 0.205. The van der Waals surface area contributed by atoms with Crippen molar-refractivity contribution in [3.8, 4) is 5.75 Å². The Bertz CT molecular complexity index is 643. The number of benzene rings is 1. The maximum Gasteiger partial charge on any atom is 0.338 e. The van der Waals surface area contributed by atoms with Crippen LogP contribution in [0.25, 0.3) is 10.9 Å². The van der Waals surface area contributed by atoms with Gasteiger partial charge in [-0.3, -0.25) is 0 Å². The van der Waals surface area contributed by atoms with Gasteiger partial charge in [0.2, 0.25) is 0 Å². The number of hydrogen-bond acceptors (Lipinski definition) is 4. The van der Waals surface area contributed by atoms with Crippen molar-refractivity contribution in [3.63, 3.8) is 0 Å². The summed E-state index contributed by atoms with van der Waals surface area (Å²) in [5.74, 6) is 0.00464. The van der Waals surface area contributed by atoms with Crippen molar-refractivity contribution in [3.05, 3.63) is 33.9 Å². The first kappa shape index (κ1) is 13.9. The third-order valence-electron chi connectivity index (χ3n) is 2.55. The molecular formula is C13H11Cl2NO3. The van der Waals surface area contributed by atoms with Crippen molar-refractivity contribution >= 4 is 40.1 Å². The molecule has 0 aliphatic heterocycles. The zero-order chi connectivity index (χ0) is 14.0. The van der Waals surface area contributed by atoms with Crippen molar-refractivity contribution in [1.82, 2.24) is 4.98 Å². The van der Waals surface area contributed by atoms with Crippen LogP contribution in [0.15, 0.2) is 18.2 Å². The molecule has 0 spiro atoms. The zero-order valence-corrected chi connectivity index (χ0v) is 11.9. The van der Waals surface area contributed by atoms with E-state index in [-0.39, 0.29) is 11.8 Å². The number of hydrogen-bond donors (Lipinski definition) is 0. The van der Waals surface area contributed by atoms with Crippen molar-refractivity contribution in [2.45, 2.75) is 6.92 Å². The lowest BCUT2D eigenvalue weighted by Gasteiger charge is -2.09. The Kier molecular flexibility index (Phi) is 4.12. The maximum atomic E-state index is 11.9. The van der Waals surface area contributed by atoms with Gasteiger partial charge in [-0.1, -0.05) is 23.2 Å². The van der Waals surface area contributed by atoms with Gasteiger partial charge in [0, 0.05) is 5.39 Å². The second-order valence-corrected chi connectivity index (χ2v) is 4.51. The summed E-state index contributed by atoms with van der Waals surface area (Å²) in [5, 5.41) is 1.19. The van der Waals surface area contributed by atoms with E-state index < -0.39 is 5.97 Å². The lowest BCUT2D eigenvalue weighted by molar-refractivity contribution is 0.0528. The van der Waals surface area contributed by atoms with E-state index in [1.54, 1.807) is 19.1 Å². The Morgan fingerprint density at radius 2 is 2.05 bits per heavy atom. The highest BCUT2D eigenvalue weighted by Gasteiger charge is 2.16. The monoisotopic (exact) mass is 299 g/mol. The molecule has 2 aromatic rings. The molecule has 1 heterocycles. The first-order valence-corrected chi connectivity index (χ1v) is 6.33. The molecule has 0 radical (unpaired) electrons. The predicted molar refractivity (Wildman–Crippen MR) is 74.3 cm³/mol. The van der Waals surface area contributed by atoms with E-state index in [0.717, 1.165) is 0 Å². The molecule has 0 amide bonds. The number of halogens is 2. The van der Waals surface area contributed by atoms with E-state index in [0.29, 0.717) is 27.2 Å². The van der Waals surface area contributed by atoms with Crippen molar-refractivity contribution in [1.29, 1.82) is 0 Å². The molecule has 0 saturated carbocycles. The fourth-order valence-corrected chi connectivity index (χ4v) is 2.16. The van der Waals surface area contributed by atoms with Gasteiger partial charge in [0.25, 0.3) is 0 Å². The number of fused-ring (bicyclic) bond motifs is 1. The number of pyridine rings is 1. The molecule has 0 N–H and O–H groups in total. The average molecular weight is 300 g/mol. The topological polar surface area (TPSA) is 48.4 Å². The molecule has 0 saturated heterocycles. The standard InChI is InChI=1S/C13H11Cl2NO3/c1-3-19-13(17)8-5-12(15)16-10-6-9(14)11(18-2)4-7(8)10/h4-6H,3H2,1-2H3. The summed E-state index contributed by atoms with van der Waals surface area (Å²) >= 11 is 11.9. The SMILES string of the molecule is CCOC(=O)c1cc(Cl)nc2cc(Cl)c(OC)cc12. The average Bonchev–Trinajstić information content (AvgIpc) is 2.37. The molecule has 19 heavy (non-hydrogen) atoms. The Labute approximate surface area is 120 Å². The normalized spacial score (nSPS) is 10.5. The quantitative estimate of drug-likeness (QED) is 0.640. The molecule has 1 aromatic carbocycles. The second-order valence-electron chi connectivity index (χ2n) is 3.72. The van der Waals surface area contributed by atoms with Crippen LogP contribution in [0.3, 0.4) is 0 Å². The number of ether oxygens (including phenoxy) is 2. The molecule has 100 valence electrons. The van der Waals surface area contributed by atoms with Crippen LogP contribution in [0, 0.1) is 0 Å². The molecule has 4 nitrogen and oxygen atoms in total. The van der Waals surface area contributed by atoms with Gasteiger partial charge in [-0.05, 0) is 25.1 Å². The summed E-state index contributed by atoms with van der Waals surface area (Å²) in [7, 11) is 1.50. The Morgan fingerprint density at radius 1 is 1.32 bits per heavy atom. The molecule has 0 unspecified atom stereocenters. The third-order valence-corrected chi connectivity index (χ3v) is 3.04. The number of carbonyl (C=O) groups excluding carboxylic acids is 1. The lowest BCUT2D eigenvalue weighted by atomic mass is 10.1. The molecule has 0 atom stereocenters. The van der Waals surface area contributed by atoms with Crippen molar-refractivity contribution in [2.75, 3.05) is 13.7 Å². The van der Waals surface area contributed by atoms with Crippen LogP contribution in [0.4, 0.5) is 0 Å². The summed E-state index contributed by atoms with van der Waals surface area (Å²) in [5.41, 5.74) is 0.855. The predicted octanol–water partition coefficient (Wildman–Crippen LogP) is 3.73. The van der Waals surface area contributed by atoms with Crippen molar-refractivity contribution in [2.24, 2.45) is 0 Å². The van der Waals surface area contributed by atoms with Gasteiger partial charge >= 0.3 is 5.97 Å². The highest BCUT2D eigenvalue weighted by atomic mass is 35.5. The number of carbonyl (C=O) groups is 1. The highest BCUT2D eigenvalue weighted by molar-refractivity contribution is 6.33. The van der Waals surface area contributed by atoms with E-state index in [4.69, 9.17) is 32.7 Å². The van der Waals surface area contributed by atoms with Gasteiger partial charge in [0.1, 0.15) is 10.9 Å². The van der Waals surface area contributed by atoms with Gasteiger partial charge < -0.3 is 9.47 Å². The first-order valence-electron chi connectivity index (χ1n) is 5.57. The number of rotatable bonds is 3. The summed E-state index contributed by atoms with van der Waals surface area (Å²) in [6.07, 6.45) is 0. The molecular weight excluding hydrogens is 289 g/mol. The summed E-state index contributed by atoms with van der Waals surface area (Å²) in [6.45, 7) is 2.02. The molecule has 0 fully saturated rings. The van der Waals surface area contributed by atoms with E-state index in [9.17, 15) is 4.79 Å². The minimum Gasteiger partial charge on any atom is -0.495 e. The Hall–Kier alpha value is -1.52. The Morgan fingerprint density at radius 3 is 2.68 bits per heavy atom. The lowest BCUT2D eigenvalue weighted by Crippen LogP contribution is -2.06. The molecule has 0 aliphatic carbocycles. The van der Waals surface area contributed by atoms with Crippen LogP contribution in [0.2, 0.25) is 10.2 Å². The van der Waals surface area contributed by atoms with Crippen LogP contribution in [0.5, 0.6) is 5.75 Å². The van der Waals surface area contributed by atoms with Crippen LogP contribution in [-0.4, -0.2) is 24.7 Å². The number of esters is 1. The van der Waals surface area contributed by atoms with Gasteiger partial charge in [0.15, 0.2) is 0 Å². The largest absolute Gasteiger partial charge is 0.495 e. The number of aromatic nitrogens is 1. The fraction of sp³-hybridized carbons (Fsp3) is 0.231. The molecule has 1 aromatic heterocycles. The summed E-state index contributed by atoms with van der Waals surface area (Å²) < 4.78 is 10.1. The van der Waals surface area contributed by atoms with Crippen LogP contribution in [0.1, 0.15) is 17.3 Å². The van der Waals surface area contributed by atoms with E-state index in [1.807, 2.05) is 0 Å². The van der Waals surface area contributed by atoms with Crippen LogP contribution in [-0.2, 0) is 4.74 Å². The van der Waals surface area contributed by atoms with E-state index in [2.05, 4.69) is 4.98 Å². The summed E-state index contributed by atoms with van der Waals surface area (Å²) in [6, 6.07) is 4.72. The molecule has 6 heteroatoms. The van der Waals surface area contributed by atoms with Crippen LogP contribution >= 0.6 is 23.2 Å². The van der Waals surface area contributed by atoms with Gasteiger partial charge in [-0.2, -0.15) is 0 Å². The van der Waals surface area contributed by atoms with E-state index >= 15 is 0 Å². The Balaban J connectivity index is 2.71. The second kappa shape index (κ2) is 5.63. The smallest absolute Gasteiger partial charge is 0.338 e. The van der Waals surface area contributed by atoms with Crippen molar-refractivity contribution < 1.29 is 14.3 Å². The van der Waals surface area contributed by atoms with Gasteiger partial charge in [-0.15, -0.1) is 0 Å². The highest BCUT2D eigenvalue weighted by Crippen LogP contribution is 2.32. The van der Waals surface area contributed by atoms with E-state index in [1.165, 1.54) is 13.2 Å². The third kappa shape index (κ3) is 2.74. The van der Waals surface area contributed by atoms with Gasteiger partial charge in [0.05, 0.1) is 29.8 Å². The molecule has 2 rings (SSSR count). The minimum atomic E-state index is -0.457. The first-order chi connectivity index (χ1) is 9.06. The maximum absolute atomic E-state index is 11.9. The fourth-order valence-electron chi connectivity index (χ4n) is 1.73. The molecule has 0 bridgehead atoms. The summed E-state index contributed by atoms with van der Waals surface area (Å²) in [4.78, 5) is 16.0.